The van der Waals surface area contributed by atoms with Gasteiger partial charge in [-0.2, -0.15) is 5.10 Å². The van der Waals surface area contributed by atoms with Gasteiger partial charge in [0.1, 0.15) is 5.75 Å². The quantitative estimate of drug-likeness (QED) is 0.475. The van der Waals surface area contributed by atoms with E-state index in [2.05, 4.69) is 22.3 Å². The van der Waals surface area contributed by atoms with Crippen molar-refractivity contribution in [2.24, 2.45) is 5.92 Å². The van der Waals surface area contributed by atoms with Crippen molar-refractivity contribution in [3.05, 3.63) is 70.3 Å². The highest BCUT2D eigenvalue weighted by Gasteiger charge is 2.28. The predicted octanol–water partition coefficient (Wildman–Crippen LogP) is 4.56. The van der Waals surface area contributed by atoms with Crippen LogP contribution in [-0.2, 0) is 6.54 Å². The first kappa shape index (κ1) is 22.2. The third kappa shape index (κ3) is 3.95. The van der Waals surface area contributed by atoms with Crippen LogP contribution in [0.15, 0.2) is 53.5 Å². The molecule has 34 heavy (non-hydrogen) atoms. The summed E-state index contributed by atoms with van der Waals surface area (Å²) in [7, 11) is 1.68. The minimum absolute atomic E-state index is 0.104. The minimum Gasteiger partial charge on any atom is -0.497 e. The number of carbonyl (C=O) groups excluding carboxylic acids is 1. The number of methoxy groups -OCH3 is 1. The number of hydrogen-bond donors (Lipinski definition) is 1. The molecule has 0 radical (unpaired) electrons. The standard InChI is InChI=1S/C27H30N4O3/c1-17(2)16-31-26(32)21-7-5-4-6-20(21)25(29-31)27(33)30-12-10-18(11-13-30)23-15-28-24-9-8-19(34-3)14-22(23)24/h4-9,14-15,17-18,28H,10-13,16H2,1-3H3. The zero-order valence-electron chi connectivity index (χ0n) is 19.9. The predicted molar refractivity (Wildman–Crippen MR) is 134 cm³/mol. The lowest BCUT2D eigenvalue weighted by Crippen LogP contribution is -2.39. The van der Waals surface area contributed by atoms with Gasteiger partial charge in [0.2, 0.25) is 0 Å². The van der Waals surface area contributed by atoms with E-state index < -0.39 is 0 Å². The molecule has 7 nitrogen and oxygen atoms in total. The Balaban J connectivity index is 1.40. The average Bonchev–Trinajstić information content (AvgIpc) is 3.28. The molecule has 1 saturated heterocycles. The topological polar surface area (TPSA) is 80.2 Å². The Hall–Kier alpha value is -3.61. The molecule has 0 bridgehead atoms. The van der Waals surface area contributed by atoms with Gasteiger partial charge in [-0.25, -0.2) is 4.68 Å². The Kier molecular flexibility index (Phi) is 5.86. The number of nitrogens with one attached hydrogen (secondary N) is 1. The van der Waals surface area contributed by atoms with Crippen molar-refractivity contribution < 1.29 is 9.53 Å². The van der Waals surface area contributed by atoms with E-state index in [-0.39, 0.29) is 17.4 Å². The third-order valence-electron chi connectivity index (χ3n) is 6.75. The van der Waals surface area contributed by atoms with Crippen molar-refractivity contribution in [3.8, 4) is 5.75 Å². The molecule has 0 aliphatic carbocycles. The zero-order valence-corrected chi connectivity index (χ0v) is 19.9. The Morgan fingerprint density at radius 2 is 1.85 bits per heavy atom. The van der Waals surface area contributed by atoms with Crippen LogP contribution in [-0.4, -0.2) is 45.8 Å². The molecule has 2 aromatic heterocycles. The number of hydrogen-bond acceptors (Lipinski definition) is 4. The van der Waals surface area contributed by atoms with Crippen LogP contribution in [0.1, 0.15) is 48.7 Å². The second-order valence-electron chi connectivity index (χ2n) is 9.50. The van der Waals surface area contributed by atoms with Crippen LogP contribution in [0.5, 0.6) is 5.75 Å². The molecule has 0 unspecified atom stereocenters. The average molecular weight is 459 g/mol. The van der Waals surface area contributed by atoms with Gasteiger partial charge in [0.05, 0.1) is 12.5 Å². The number of likely N-dealkylation sites (tertiary alicyclic amines) is 1. The van der Waals surface area contributed by atoms with Gasteiger partial charge >= 0.3 is 0 Å². The van der Waals surface area contributed by atoms with Gasteiger partial charge in [-0.05, 0) is 54.5 Å². The fraction of sp³-hybridized carbons (Fsp3) is 0.370. The summed E-state index contributed by atoms with van der Waals surface area (Å²) in [4.78, 5) is 31.7. The molecule has 1 aliphatic rings. The molecule has 0 saturated carbocycles. The summed E-state index contributed by atoms with van der Waals surface area (Å²) in [5.74, 6) is 1.35. The van der Waals surface area contributed by atoms with E-state index in [4.69, 9.17) is 4.74 Å². The number of fused-ring (bicyclic) bond motifs is 2. The zero-order chi connectivity index (χ0) is 23.8. The lowest BCUT2D eigenvalue weighted by molar-refractivity contribution is 0.0706. The van der Waals surface area contributed by atoms with Crippen LogP contribution >= 0.6 is 0 Å². The van der Waals surface area contributed by atoms with Gasteiger partial charge in [-0.3, -0.25) is 9.59 Å². The van der Waals surface area contributed by atoms with Crippen molar-refractivity contribution in [2.75, 3.05) is 20.2 Å². The summed E-state index contributed by atoms with van der Waals surface area (Å²) in [6.45, 7) is 5.86. The monoisotopic (exact) mass is 458 g/mol. The van der Waals surface area contributed by atoms with E-state index in [0.717, 1.165) is 24.1 Å². The fourth-order valence-electron chi connectivity index (χ4n) is 4.99. The number of aromatic nitrogens is 3. The second-order valence-corrected chi connectivity index (χ2v) is 9.50. The molecule has 1 aliphatic heterocycles. The van der Waals surface area contributed by atoms with Crippen molar-refractivity contribution in [1.29, 1.82) is 0 Å². The van der Waals surface area contributed by atoms with Gasteiger partial charge in [-0.1, -0.05) is 32.0 Å². The van der Waals surface area contributed by atoms with Crippen LogP contribution < -0.4 is 10.3 Å². The van der Waals surface area contributed by atoms with Crippen LogP contribution in [0, 0.1) is 5.92 Å². The SMILES string of the molecule is COc1ccc2[nH]cc(C3CCN(C(=O)c4nn(CC(C)C)c(=O)c5ccccc45)CC3)c2c1. The lowest BCUT2D eigenvalue weighted by Gasteiger charge is -2.32. The smallest absolute Gasteiger partial charge is 0.274 e. The summed E-state index contributed by atoms with van der Waals surface area (Å²) < 4.78 is 6.86. The highest BCUT2D eigenvalue weighted by atomic mass is 16.5. The maximum Gasteiger partial charge on any atom is 0.274 e. The molecule has 1 amide bonds. The van der Waals surface area contributed by atoms with E-state index in [9.17, 15) is 9.59 Å². The first-order valence-electron chi connectivity index (χ1n) is 11.9. The van der Waals surface area contributed by atoms with E-state index >= 15 is 0 Å². The molecule has 176 valence electrons. The van der Waals surface area contributed by atoms with Gasteiger partial charge in [0, 0.05) is 42.1 Å². The van der Waals surface area contributed by atoms with Crippen LogP contribution in [0.25, 0.3) is 21.7 Å². The number of ether oxygens (including phenoxy) is 1. The van der Waals surface area contributed by atoms with E-state index in [1.807, 2.05) is 49.1 Å². The van der Waals surface area contributed by atoms with Gasteiger partial charge in [0.15, 0.2) is 5.69 Å². The summed E-state index contributed by atoms with van der Waals surface area (Å²) in [6, 6.07) is 13.4. The number of carbonyl (C=O) groups is 1. The van der Waals surface area contributed by atoms with E-state index in [0.29, 0.717) is 42.0 Å². The number of benzene rings is 2. The van der Waals surface area contributed by atoms with Crippen molar-refractivity contribution in [1.82, 2.24) is 19.7 Å². The summed E-state index contributed by atoms with van der Waals surface area (Å²) in [5, 5.41) is 6.89. The Bertz CT molecular complexity index is 1410. The molecule has 1 fully saturated rings. The van der Waals surface area contributed by atoms with Gasteiger partial charge in [0.25, 0.3) is 11.5 Å². The highest BCUT2D eigenvalue weighted by Crippen LogP contribution is 2.35. The fourth-order valence-corrected chi connectivity index (χ4v) is 4.99. The summed E-state index contributed by atoms with van der Waals surface area (Å²) >= 11 is 0. The van der Waals surface area contributed by atoms with E-state index in [1.54, 1.807) is 13.2 Å². The summed E-state index contributed by atoms with van der Waals surface area (Å²) in [5.41, 5.74) is 2.59. The number of nitrogens with zero attached hydrogens (tertiary/aromatic N) is 3. The Morgan fingerprint density at radius 1 is 1.12 bits per heavy atom. The molecule has 0 spiro atoms. The largest absolute Gasteiger partial charge is 0.497 e. The van der Waals surface area contributed by atoms with Gasteiger partial charge in [-0.15, -0.1) is 0 Å². The maximum absolute atomic E-state index is 13.6. The molecular formula is C27H30N4O3. The van der Waals surface area contributed by atoms with Crippen LogP contribution in [0.2, 0.25) is 0 Å². The molecule has 0 atom stereocenters. The number of rotatable bonds is 5. The van der Waals surface area contributed by atoms with Crippen molar-refractivity contribution in [3.63, 3.8) is 0 Å². The molecule has 3 heterocycles. The van der Waals surface area contributed by atoms with Crippen LogP contribution in [0.3, 0.4) is 0 Å². The lowest BCUT2D eigenvalue weighted by atomic mass is 9.89. The summed E-state index contributed by atoms with van der Waals surface area (Å²) in [6.07, 6.45) is 3.84. The number of amides is 1. The van der Waals surface area contributed by atoms with Gasteiger partial charge < -0.3 is 14.6 Å². The number of piperidine rings is 1. The van der Waals surface area contributed by atoms with Crippen LogP contribution in [0.4, 0.5) is 0 Å². The Morgan fingerprint density at radius 3 is 2.56 bits per heavy atom. The van der Waals surface area contributed by atoms with E-state index in [1.165, 1.54) is 15.6 Å². The highest BCUT2D eigenvalue weighted by molar-refractivity contribution is 6.04. The van der Waals surface area contributed by atoms with Crippen molar-refractivity contribution in [2.45, 2.75) is 39.2 Å². The normalized spacial score (nSPS) is 14.9. The molecule has 4 aromatic rings. The third-order valence-corrected chi connectivity index (χ3v) is 6.75. The van der Waals surface area contributed by atoms with Crippen molar-refractivity contribution >= 4 is 27.6 Å². The Labute approximate surface area is 198 Å². The molecule has 7 heteroatoms. The minimum atomic E-state index is -0.144. The first-order chi connectivity index (χ1) is 16.5. The maximum atomic E-state index is 13.6. The molecular weight excluding hydrogens is 428 g/mol. The molecule has 5 rings (SSSR count). The number of aromatic amines is 1. The number of H-pyrrole nitrogens is 1. The molecule has 2 aromatic carbocycles. The first-order valence-corrected chi connectivity index (χ1v) is 11.9. The second kappa shape index (κ2) is 8.97. The molecule has 1 N–H and O–H groups in total.